The Bertz CT molecular complexity index is 971. The first-order valence-electron chi connectivity index (χ1n) is 8.08. The van der Waals surface area contributed by atoms with Crippen molar-refractivity contribution in [2.75, 3.05) is 20.0 Å². The Balaban J connectivity index is 1.99. The maximum absolute atomic E-state index is 6.67. The average Bonchev–Trinajstić information content (AvgIpc) is 3.45. The maximum Gasteiger partial charge on any atom is 0.141 e. The fourth-order valence-electron chi connectivity index (χ4n) is 3.16. The van der Waals surface area contributed by atoms with Crippen LogP contribution in [0.3, 0.4) is 0 Å². The third-order valence-electron chi connectivity index (χ3n) is 4.54. The molecular formula is C19H18ClN3O2. The van der Waals surface area contributed by atoms with E-state index in [1.165, 1.54) is 0 Å². The molecule has 1 fully saturated rings. The molecule has 0 bridgehead atoms. The lowest BCUT2D eigenvalue weighted by Crippen LogP contribution is -1.99. The number of halogens is 1. The van der Waals surface area contributed by atoms with Gasteiger partial charge >= 0.3 is 0 Å². The molecule has 0 spiro atoms. The molecule has 2 heterocycles. The van der Waals surface area contributed by atoms with Gasteiger partial charge in [0, 0.05) is 40.4 Å². The van der Waals surface area contributed by atoms with Crippen LogP contribution in [0.1, 0.15) is 24.3 Å². The van der Waals surface area contributed by atoms with Crippen LogP contribution in [0.15, 0.2) is 30.6 Å². The summed E-state index contributed by atoms with van der Waals surface area (Å²) in [6.45, 7) is 0. The summed E-state index contributed by atoms with van der Waals surface area (Å²) < 4.78 is 11.1. The van der Waals surface area contributed by atoms with Crippen LogP contribution in [-0.2, 0) is 0 Å². The average molecular weight is 356 g/mol. The van der Waals surface area contributed by atoms with Gasteiger partial charge in [0.1, 0.15) is 17.3 Å². The number of anilines is 1. The highest BCUT2D eigenvalue weighted by Gasteiger charge is 2.33. The Morgan fingerprint density at radius 1 is 1.00 bits per heavy atom. The molecule has 4 rings (SSSR count). The number of benzene rings is 1. The molecule has 128 valence electrons. The third kappa shape index (κ3) is 2.74. The summed E-state index contributed by atoms with van der Waals surface area (Å²) in [6.07, 6.45) is 5.79. The van der Waals surface area contributed by atoms with Gasteiger partial charge in [-0.1, -0.05) is 11.6 Å². The molecule has 0 saturated heterocycles. The van der Waals surface area contributed by atoms with E-state index in [4.69, 9.17) is 26.8 Å². The van der Waals surface area contributed by atoms with Crippen molar-refractivity contribution in [1.82, 2.24) is 9.97 Å². The first-order chi connectivity index (χ1) is 12.1. The standard InChI is InChI=1S/C19H18ClN3O2/c1-24-14-7-15(25-2)19(20)18(17(14)10-3-4-10)13-5-11-9-23-16(21)6-12(11)8-22-13/h5-10H,3-4H2,1-2H3,(H2,21,23). The molecule has 0 atom stereocenters. The molecule has 1 saturated carbocycles. The quantitative estimate of drug-likeness (QED) is 0.749. The zero-order valence-electron chi connectivity index (χ0n) is 14.0. The van der Waals surface area contributed by atoms with E-state index in [0.717, 1.165) is 46.2 Å². The molecule has 6 heteroatoms. The van der Waals surface area contributed by atoms with Gasteiger partial charge in [0.25, 0.3) is 0 Å². The highest BCUT2D eigenvalue weighted by atomic mass is 35.5. The Morgan fingerprint density at radius 3 is 2.36 bits per heavy atom. The summed E-state index contributed by atoms with van der Waals surface area (Å²) in [5, 5.41) is 2.45. The zero-order chi connectivity index (χ0) is 17.6. The number of fused-ring (bicyclic) bond motifs is 1. The van der Waals surface area contributed by atoms with E-state index in [9.17, 15) is 0 Å². The smallest absolute Gasteiger partial charge is 0.141 e. The van der Waals surface area contributed by atoms with Crippen LogP contribution in [-0.4, -0.2) is 24.2 Å². The molecule has 0 radical (unpaired) electrons. The molecule has 2 N–H and O–H groups in total. The van der Waals surface area contributed by atoms with Crippen LogP contribution < -0.4 is 15.2 Å². The van der Waals surface area contributed by atoms with Crippen LogP contribution in [0, 0.1) is 0 Å². The molecule has 1 aliphatic rings. The van der Waals surface area contributed by atoms with Gasteiger partial charge in [0.15, 0.2) is 0 Å². The van der Waals surface area contributed by atoms with Crippen molar-refractivity contribution in [2.24, 2.45) is 0 Å². The molecule has 1 aliphatic carbocycles. The van der Waals surface area contributed by atoms with E-state index in [1.54, 1.807) is 26.6 Å². The lowest BCUT2D eigenvalue weighted by molar-refractivity contribution is 0.391. The van der Waals surface area contributed by atoms with Gasteiger partial charge in [0.2, 0.25) is 0 Å². The predicted octanol–water partition coefficient (Wildman–Crippen LogP) is 4.43. The second kappa shape index (κ2) is 6.08. The summed E-state index contributed by atoms with van der Waals surface area (Å²) in [7, 11) is 3.26. The second-order valence-corrected chi connectivity index (χ2v) is 6.56. The van der Waals surface area contributed by atoms with Gasteiger partial charge < -0.3 is 15.2 Å². The van der Waals surface area contributed by atoms with E-state index in [2.05, 4.69) is 9.97 Å². The van der Waals surface area contributed by atoms with Crippen LogP contribution in [0.5, 0.6) is 11.5 Å². The lowest BCUT2D eigenvalue weighted by atomic mass is 9.97. The summed E-state index contributed by atoms with van der Waals surface area (Å²) in [6, 6.07) is 5.64. The fourth-order valence-corrected chi connectivity index (χ4v) is 3.49. The zero-order valence-corrected chi connectivity index (χ0v) is 14.8. The molecule has 0 aliphatic heterocycles. The molecule has 25 heavy (non-hydrogen) atoms. The summed E-state index contributed by atoms with van der Waals surface area (Å²) >= 11 is 6.67. The molecule has 3 aromatic rings. The van der Waals surface area contributed by atoms with Crippen LogP contribution in [0.4, 0.5) is 5.82 Å². The number of methoxy groups -OCH3 is 2. The Morgan fingerprint density at radius 2 is 1.68 bits per heavy atom. The van der Waals surface area contributed by atoms with E-state index in [0.29, 0.717) is 22.5 Å². The highest BCUT2D eigenvalue weighted by Crippen LogP contribution is 2.53. The number of hydrogen-bond acceptors (Lipinski definition) is 5. The SMILES string of the molecule is COc1cc(OC)c(C2CC2)c(-c2cc3cnc(N)cc3cn2)c1Cl. The maximum atomic E-state index is 6.67. The number of aromatic nitrogens is 2. The number of pyridine rings is 2. The van der Waals surface area contributed by atoms with E-state index in [-0.39, 0.29) is 0 Å². The fraction of sp³-hybridized carbons (Fsp3) is 0.263. The highest BCUT2D eigenvalue weighted by molar-refractivity contribution is 6.35. The summed E-state index contributed by atoms with van der Waals surface area (Å²) in [4.78, 5) is 8.79. The van der Waals surface area contributed by atoms with Gasteiger partial charge in [-0.25, -0.2) is 4.98 Å². The minimum Gasteiger partial charge on any atom is -0.496 e. The van der Waals surface area contributed by atoms with Crippen molar-refractivity contribution in [3.05, 3.63) is 41.2 Å². The van der Waals surface area contributed by atoms with Gasteiger partial charge in [0.05, 0.1) is 24.9 Å². The van der Waals surface area contributed by atoms with Crippen molar-refractivity contribution in [3.8, 4) is 22.8 Å². The van der Waals surface area contributed by atoms with Gasteiger partial charge in [-0.05, 0) is 30.9 Å². The van der Waals surface area contributed by atoms with Crippen molar-refractivity contribution in [1.29, 1.82) is 0 Å². The number of nitrogen functional groups attached to an aromatic ring is 1. The first-order valence-corrected chi connectivity index (χ1v) is 8.46. The number of rotatable bonds is 4. The monoisotopic (exact) mass is 355 g/mol. The van der Waals surface area contributed by atoms with Crippen LogP contribution in [0.2, 0.25) is 5.02 Å². The Labute approximate surface area is 150 Å². The number of nitrogens with zero attached hydrogens (tertiary/aromatic N) is 2. The van der Waals surface area contributed by atoms with Crippen molar-refractivity contribution in [3.63, 3.8) is 0 Å². The molecule has 5 nitrogen and oxygen atoms in total. The molecule has 2 aromatic heterocycles. The minimum absolute atomic E-state index is 0.440. The first kappa shape index (κ1) is 16.0. The van der Waals surface area contributed by atoms with Crippen LogP contribution >= 0.6 is 11.6 Å². The molecule has 1 aromatic carbocycles. The number of ether oxygens (including phenoxy) is 2. The van der Waals surface area contributed by atoms with E-state index in [1.807, 2.05) is 18.2 Å². The number of nitrogens with two attached hydrogens (primary N) is 1. The number of hydrogen-bond donors (Lipinski definition) is 1. The molecular weight excluding hydrogens is 338 g/mol. The Hall–Kier alpha value is -2.53. The molecule has 0 amide bonds. The van der Waals surface area contributed by atoms with Gasteiger partial charge in [-0.3, -0.25) is 4.98 Å². The van der Waals surface area contributed by atoms with Gasteiger partial charge in [-0.2, -0.15) is 0 Å². The van der Waals surface area contributed by atoms with E-state index >= 15 is 0 Å². The normalized spacial score (nSPS) is 13.9. The Kier molecular flexibility index (Phi) is 3.88. The predicted molar refractivity (Wildman–Crippen MR) is 99.5 cm³/mol. The van der Waals surface area contributed by atoms with Crippen molar-refractivity contribution < 1.29 is 9.47 Å². The minimum atomic E-state index is 0.440. The van der Waals surface area contributed by atoms with E-state index < -0.39 is 0 Å². The van der Waals surface area contributed by atoms with Gasteiger partial charge in [-0.15, -0.1) is 0 Å². The van der Waals surface area contributed by atoms with Crippen molar-refractivity contribution in [2.45, 2.75) is 18.8 Å². The van der Waals surface area contributed by atoms with Crippen LogP contribution in [0.25, 0.3) is 22.0 Å². The molecule has 0 unspecified atom stereocenters. The van der Waals surface area contributed by atoms with Crippen molar-refractivity contribution >= 4 is 28.2 Å². The topological polar surface area (TPSA) is 70.3 Å². The summed E-state index contributed by atoms with van der Waals surface area (Å²) in [5.74, 6) is 2.28. The lowest BCUT2D eigenvalue weighted by Gasteiger charge is -2.18. The third-order valence-corrected chi connectivity index (χ3v) is 4.91. The second-order valence-electron chi connectivity index (χ2n) is 6.18. The summed E-state index contributed by atoms with van der Waals surface area (Å²) in [5.41, 5.74) is 8.51. The largest absolute Gasteiger partial charge is 0.496 e.